The fourth-order valence-electron chi connectivity index (χ4n) is 7.40. The highest BCUT2D eigenvalue weighted by Gasteiger charge is 2.31. The molecule has 4 atom stereocenters. The summed E-state index contributed by atoms with van der Waals surface area (Å²) in [5.41, 5.74) is 4.18. The van der Waals surface area contributed by atoms with Crippen LogP contribution in [0.5, 0.6) is 5.75 Å². The summed E-state index contributed by atoms with van der Waals surface area (Å²) in [5, 5.41) is 18.6. The maximum Gasteiger partial charge on any atom is 0.306 e. The lowest BCUT2D eigenvalue weighted by molar-refractivity contribution is -0.143. The number of hydrogen-bond acceptors (Lipinski definition) is 6. The van der Waals surface area contributed by atoms with E-state index in [0.29, 0.717) is 64.3 Å². The second-order valence-electron chi connectivity index (χ2n) is 13.8. The van der Waals surface area contributed by atoms with Gasteiger partial charge in [0.25, 0.3) is 0 Å². The van der Waals surface area contributed by atoms with Crippen LogP contribution in [0, 0.1) is 41.8 Å². The molecule has 0 spiro atoms. The van der Waals surface area contributed by atoms with Crippen LogP contribution in [0.4, 0.5) is 4.39 Å². The number of carboxylic acids is 1. The Bertz CT molecular complexity index is 1900. The molecule has 0 bridgehead atoms. The molecular weight excluding hydrogens is 657 g/mol. The molecule has 1 fully saturated rings. The molecule has 0 heterocycles. The molecule has 262 valence electrons. The van der Waals surface area contributed by atoms with Crippen molar-refractivity contribution in [3.63, 3.8) is 0 Å². The van der Waals surface area contributed by atoms with Gasteiger partial charge in [-0.2, -0.15) is 0 Å². The van der Waals surface area contributed by atoms with Crippen LogP contribution in [0.2, 0.25) is 5.02 Å². The molecule has 5 rings (SSSR count). The molecule has 1 saturated carbocycles. The fourth-order valence-corrected chi connectivity index (χ4v) is 7.74. The number of benzene rings is 3. The highest BCUT2D eigenvalue weighted by Crippen LogP contribution is 2.41. The van der Waals surface area contributed by atoms with Crippen molar-refractivity contribution in [2.24, 2.45) is 23.7 Å². The van der Waals surface area contributed by atoms with Gasteiger partial charge in [0.15, 0.2) is 5.78 Å². The third-order valence-corrected chi connectivity index (χ3v) is 10.8. The Labute approximate surface area is 297 Å². The first-order valence-corrected chi connectivity index (χ1v) is 17.6. The van der Waals surface area contributed by atoms with E-state index in [1.54, 1.807) is 26.0 Å². The van der Waals surface area contributed by atoms with E-state index in [-0.39, 0.29) is 47.5 Å². The van der Waals surface area contributed by atoms with Gasteiger partial charge in [0.1, 0.15) is 17.3 Å². The number of nitrogens with one attached hydrogen (secondary N) is 1. The predicted molar refractivity (Wildman–Crippen MR) is 192 cm³/mol. The molecule has 7 nitrogen and oxygen atoms in total. The summed E-state index contributed by atoms with van der Waals surface area (Å²) in [5.74, 6) is -3.12. The minimum absolute atomic E-state index is 0.0166. The smallest absolute Gasteiger partial charge is 0.306 e. The minimum Gasteiger partial charge on any atom is -0.496 e. The van der Waals surface area contributed by atoms with Gasteiger partial charge < -0.3 is 15.3 Å². The molecule has 3 aromatic rings. The minimum atomic E-state index is -0.804. The number of halogens is 2. The molecule has 2 N–H and O–H groups in total. The Morgan fingerprint density at radius 2 is 1.72 bits per heavy atom. The normalized spacial score (nSPS) is 22.2. The van der Waals surface area contributed by atoms with Gasteiger partial charge in [0, 0.05) is 41.4 Å². The first-order valence-electron chi connectivity index (χ1n) is 17.2. The van der Waals surface area contributed by atoms with E-state index < -0.39 is 29.4 Å². The average Bonchev–Trinajstić information content (AvgIpc) is 3.10. The zero-order valence-electron chi connectivity index (χ0n) is 28.9. The molecule has 2 aliphatic rings. The molecule has 0 aliphatic heterocycles. The third kappa shape index (κ3) is 7.81. The molecule has 3 aromatic carbocycles. The van der Waals surface area contributed by atoms with Crippen molar-refractivity contribution < 1.29 is 33.4 Å². The predicted octanol–water partition coefficient (Wildman–Crippen LogP) is 8.83. The molecular formula is C41H43ClFNO6. The molecule has 3 unspecified atom stereocenters. The van der Waals surface area contributed by atoms with Crippen molar-refractivity contribution in [1.82, 2.24) is 0 Å². The lowest BCUT2D eigenvalue weighted by Crippen LogP contribution is -2.28. The van der Waals surface area contributed by atoms with Crippen molar-refractivity contribution >= 4 is 40.6 Å². The third-order valence-electron chi connectivity index (χ3n) is 10.4. The van der Waals surface area contributed by atoms with Gasteiger partial charge in [0.2, 0.25) is 5.78 Å². The topological polar surface area (TPSA) is 122 Å². The Balaban J connectivity index is 1.41. The summed E-state index contributed by atoms with van der Waals surface area (Å²) in [6.45, 7) is 5.34. The Hall–Kier alpha value is -4.43. The molecule has 2 aliphatic carbocycles. The SMILES string of the molecule is COc1cc(-c2cccc(-c3cccc(CC(=N)C(=O)/C4=C/C(C)C(=O)C(C)CCC4=O)c3C)c2Cl)cc(F)c1CC1CCC[C@@H](C(=O)O)C1. The van der Waals surface area contributed by atoms with Crippen molar-refractivity contribution in [1.29, 1.82) is 5.41 Å². The van der Waals surface area contributed by atoms with Gasteiger partial charge in [-0.05, 0) is 72.9 Å². The zero-order valence-corrected chi connectivity index (χ0v) is 29.7. The highest BCUT2D eigenvalue weighted by atomic mass is 35.5. The summed E-state index contributed by atoms with van der Waals surface area (Å²) < 4.78 is 21.4. The van der Waals surface area contributed by atoms with Crippen molar-refractivity contribution in [2.45, 2.75) is 72.1 Å². The second-order valence-corrected chi connectivity index (χ2v) is 14.2. The standard InChI is InChI=1S/C41H43ClFNO6/c1-22-14-15-36(45)33(16-23(2)39(22)46)40(47)35(44)20-26-9-6-11-29(24(26)3)31-13-7-12-30(38(31)42)28-19-34(43)32(37(21-28)50-4)18-25-8-5-10-27(17-25)41(48)49/h6-7,9,11-13,16,19,21-23,25,27,44H,5,8,10,14-15,17-18,20H2,1-4H3,(H,48,49)/b33-16+,44-35?/t22?,23?,25?,27-/m1/s1. The first kappa shape index (κ1) is 36.8. The van der Waals surface area contributed by atoms with Crippen LogP contribution in [-0.4, -0.2) is 41.2 Å². The van der Waals surface area contributed by atoms with Gasteiger partial charge in [-0.3, -0.25) is 19.2 Å². The molecule has 0 saturated heterocycles. The van der Waals surface area contributed by atoms with Crippen LogP contribution in [0.15, 0.2) is 60.2 Å². The number of ketones is 3. The summed E-state index contributed by atoms with van der Waals surface area (Å²) >= 11 is 7.04. The maximum absolute atomic E-state index is 15.8. The molecule has 0 radical (unpaired) electrons. The first-order chi connectivity index (χ1) is 23.8. The number of rotatable bonds is 10. The Kier molecular flexibility index (Phi) is 11.5. The number of allylic oxidation sites excluding steroid dienone is 2. The average molecular weight is 700 g/mol. The number of carboxylic acid groups (broad SMARTS) is 1. The largest absolute Gasteiger partial charge is 0.496 e. The summed E-state index contributed by atoms with van der Waals surface area (Å²) in [7, 11) is 1.49. The van der Waals surface area contributed by atoms with Crippen LogP contribution in [0.25, 0.3) is 22.3 Å². The van der Waals surface area contributed by atoms with E-state index in [9.17, 15) is 24.3 Å². The van der Waals surface area contributed by atoms with Crippen LogP contribution in [0.1, 0.15) is 69.1 Å². The van der Waals surface area contributed by atoms with E-state index in [1.165, 1.54) is 19.3 Å². The monoisotopic (exact) mass is 699 g/mol. The van der Waals surface area contributed by atoms with Crippen LogP contribution >= 0.6 is 11.6 Å². The van der Waals surface area contributed by atoms with E-state index >= 15 is 4.39 Å². The Morgan fingerprint density at radius 3 is 2.44 bits per heavy atom. The van der Waals surface area contributed by atoms with Gasteiger partial charge in [-0.1, -0.05) is 80.8 Å². The van der Waals surface area contributed by atoms with E-state index in [0.717, 1.165) is 24.0 Å². The maximum atomic E-state index is 15.8. The second kappa shape index (κ2) is 15.6. The summed E-state index contributed by atoms with van der Waals surface area (Å²) in [6.07, 6.45) is 5.03. The van der Waals surface area contributed by atoms with Gasteiger partial charge in [0.05, 0.1) is 29.3 Å². The zero-order chi connectivity index (χ0) is 36.3. The number of hydrogen-bond donors (Lipinski definition) is 2. The van der Waals surface area contributed by atoms with E-state index in [2.05, 4.69) is 0 Å². The van der Waals surface area contributed by atoms with Gasteiger partial charge in [-0.15, -0.1) is 0 Å². The molecule has 0 aromatic heterocycles. The molecule has 50 heavy (non-hydrogen) atoms. The summed E-state index contributed by atoms with van der Waals surface area (Å²) in [4.78, 5) is 50.4. The number of methoxy groups -OCH3 is 1. The molecule has 0 amide bonds. The van der Waals surface area contributed by atoms with Crippen molar-refractivity contribution in [3.05, 3.63) is 87.7 Å². The number of Topliss-reactive ketones (excluding diaryl/α,β-unsaturated/α-hetero) is 3. The van der Waals surface area contributed by atoms with Crippen molar-refractivity contribution in [2.75, 3.05) is 7.11 Å². The van der Waals surface area contributed by atoms with Gasteiger partial charge >= 0.3 is 5.97 Å². The van der Waals surface area contributed by atoms with Crippen molar-refractivity contribution in [3.8, 4) is 28.0 Å². The Morgan fingerprint density at radius 1 is 1.02 bits per heavy atom. The molecule has 9 heteroatoms. The lowest BCUT2D eigenvalue weighted by atomic mass is 9.78. The quantitative estimate of drug-likeness (QED) is 0.161. The van der Waals surface area contributed by atoms with Crippen LogP contribution < -0.4 is 4.74 Å². The van der Waals surface area contributed by atoms with E-state index in [4.69, 9.17) is 21.7 Å². The lowest BCUT2D eigenvalue weighted by Gasteiger charge is -2.27. The van der Waals surface area contributed by atoms with Crippen LogP contribution in [-0.2, 0) is 32.0 Å². The number of aliphatic carboxylic acids is 1. The number of ether oxygens (including phenoxy) is 1. The number of carbonyl (C=O) groups excluding carboxylic acids is 3. The fraction of sp³-hybridized carbons (Fsp3) is 0.390. The number of carbonyl (C=O) groups is 4. The van der Waals surface area contributed by atoms with E-state index in [1.807, 2.05) is 37.3 Å². The van der Waals surface area contributed by atoms with Crippen LogP contribution in [0.3, 0.4) is 0 Å². The highest BCUT2D eigenvalue weighted by molar-refractivity contribution is 6.51. The van der Waals surface area contributed by atoms with Gasteiger partial charge in [-0.25, -0.2) is 4.39 Å². The summed E-state index contributed by atoms with van der Waals surface area (Å²) in [6, 6.07) is 14.2.